The highest BCUT2D eigenvalue weighted by atomic mass is 32.2. The molecular formula is C13H21NO3S. The Bertz CT molecular complexity index is 365. The van der Waals surface area contributed by atoms with Crippen LogP contribution in [0, 0.1) is 0 Å². The molecule has 0 saturated heterocycles. The van der Waals surface area contributed by atoms with Crippen LogP contribution in [0.1, 0.15) is 13.8 Å². The van der Waals surface area contributed by atoms with Gasteiger partial charge in [0.05, 0.1) is 17.8 Å². The molecule has 102 valence electrons. The largest absolute Gasteiger partial charge is 0.500 e. The van der Waals surface area contributed by atoms with Crippen molar-refractivity contribution in [3.63, 3.8) is 0 Å². The molecule has 1 atom stereocenters. The molecule has 18 heavy (non-hydrogen) atoms. The zero-order valence-electron chi connectivity index (χ0n) is 11.2. The molecule has 1 heterocycles. The number of hydrogen-bond acceptors (Lipinski definition) is 4. The summed E-state index contributed by atoms with van der Waals surface area (Å²) < 4.78 is 18.4. The van der Waals surface area contributed by atoms with Gasteiger partial charge in [-0.15, -0.1) is 11.8 Å². The Labute approximate surface area is 113 Å². The Hall–Kier alpha value is -1.07. The summed E-state index contributed by atoms with van der Waals surface area (Å²) >= 11 is 1.68. The maximum Gasteiger partial charge on any atom is 0.198 e. The second kappa shape index (κ2) is 8.11. The Kier molecular flexibility index (Phi) is 6.75. The number of nitrogens with zero attached hydrogens (tertiary/aromatic N) is 1. The highest BCUT2D eigenvalue weighted by Crippen LogP contribution is 2.25. The first kappa shape index (κ1) is 15.0. The van der Waals surface area contributed by atoms with Crippen LogP contribution in [0.3, 0.4) is 0 Å². The molecule has 0 aromatic carbocycles. The molecule has 0 amide bonds. The highest BCUT2D eigenvalue weighted by molar-refractivity contribution is 7.98. The van der Waals surface area contributed by atoms with Crippen molar-refractivity contribution >= 4 is 11.8 Å². The molecule has 0 aliphatic rings. The second-order valence-corrected chi connectivity index (χ2v) is 4.37. The van der Waals surface area contributed by atoms with E-state index in [9.17, 15) is 0 Å². The van der Waals surface area contributed by atoms with Gasteiger partial charge in [0.1, 0.15) is 6.61 Å². The minimum absolute atomic E-state index is 0.251. The Morgan fingerprint density at radius 1 is 1.50 bits per heavy atom. The van der Waals surface area contributed by atoms with E-state index in [4.69, 9.17) is 14.2 Å². The summed E-state index contributed by atoms with van der Waals surface area (Å²) in [6, 6.07) is 3.99. The minimum atomic E-state index is -0.251. The SMILES string of the molecule is C=COCCn1c(OC(C)OCC)ccc1SC. The zero-order chi connectivity index (χ0) is 13.4. The fraction of sp³-hybridized carbons (Fsp3) is 0.538. The van der Waals surface area contributed by atoms with Gasteiger partial charge in [0.2, 0.25) is 0 Å². The normalized spacial score (nSPS) is 12.2. The van der Waals surface area contributed by atoms with E-state index in [0.29, 0.717) is 13.2 Å². The first-order valence-electron chi connectivity index (χ1n) is 5.97. The lowest BCUT2D eigenvalue weighted by atomic mass is 10.6. The summed E-state index contributed by atoms with van der Waals surface area (Å²) in [5, 5.41) is 1.14. The molecule has 0 radical (unpaired) electrons. The fourth-order valence-corrected chi connectivity index (χ4v) is 2.20. The zero-order valence-corrected chi connectivity index (χ0v) is 12.0. The lowest BCUT2D eigenvalue weighted by Crippen LogP contribution is -2.18. The van der Waals surface area contributed by atoms with Gasteiger partial charge in [-0.3, -0.25) is 0 Å². The van der Waals surface area contributed by atoms with E-state index in [0.717, 1.165) is 17.5 Å². The average Bonchev–Trinajstić information content (AvgIpc) is 2.72. The number of aromatic nitrogens is 1. The maximum atomic E-state index is 5.75. The molecule has 1 aromatic heterocycles. The van der Waals surface area contributed by atoms with Crippen LogP contribution in [0.5, 0.6) is 5.88 Å². The summed E-state index contributed by atoms with van der Waals surface area (Å²) in [5.74, 6) is 0.799. The van der Waals surface area contributed by atoms with Crippen LogP contribution in [0.2, 0.25) is 0 Å². The van der Waals surface area contributed by atoms with Crippen molar-refractivity contribution in [3.8, 4) is 5.88 Å². The smallest absolute Gasteiger partial charge is 0.198 e. The average molecular weight is 271 g/mol. The van der Waals surface area contributed by atoms with Gasteiger partial charge in [0.25, 0.3) is 0 Å². The standard InChI is InChI=1S/C13H21NO3S/c1-5-15-10-9-14-12(7-8-13(14)18-4)17-11(3)16-6-2/h5,7-8,11H,1,6,9-10H2,2-4H3. The topological polar surface area (TPSA) is 32.6 Å². The first-order chi connectivity index (χ1) is 8.72. The quantitative estimate of drug-likeness (QED) is 0.299. The van der Waals surface area contributed by atoms with Crippen LogP contribution in [-0.4, -0.2) is 30.3 Å². The van der Waals surface area contributed by atoms with Gasteiger partial charge in [-0.25, -0.2) is 0 Å². The molecule has 0 aliphatic carbocycles. The third kappa shape index (κ3) is 4.31. The van der Waals surface area contributed by atoms with Crippen LogP contribution in [0.4, 0.5) is 0 Å². The highest BCUT2D eigenvalue weighted by Gasteiger charge is 2.11. The van der Waals surface area contributed by atoms with E-state index >= 15 is 0 Å². The monoisotopic (exact) mass is 271 g/mol. The molecule has 0 N–H and O–H groups in total. The molecule has 0 aliphatic heterocycles. The second-order valence-electron chi connectivity index (χ2n) is 3.54. The number of hydrogen-bond donors (Lipinski definition) is 0. The summed E-state index contributed by atoms with van der Waals surface area (Å²) in [4.78, 5) is 0. The molecule has 0 fully saturated rings. The lowest BCUT2D eigenvalue weighted by molar-refractivity contribution is -0.0660. The summed E-state index contributed by atoms with van der Waals surface area (Å²) in [5.41, 5.74) is 0. The van der Waals surface area contributed by atoms with E-state index in [1.807, 2.05) is 32.2 Å². The van der Waals surface area contributed by atoms with E-state index in [1.54, 1.807) is 11.8 Å². The van der Waals surface area contributed by atoms with Crippen molar-refractivity contribution in [2.24, 2.45) is 0 Å². The molecular weight excluding hydrogens is 250 g/mol. The van der Waals surface area contributed by atoms with Crippen LogP contribution >= 0.6 is 11.8 Å². The third-order valence-corrected chi connectivity index (χ3v) is 3.12. The van der Waals surface area contributed by atoms with Gasteiger partial charge in [0, 0.05) is 12.7 Å². The van der Waals surface area contributed by atoms with Crippen molar-refractivity contribution in [2.45, 2.75) is 31.7 Å². The van der Waals surface area contributed by atoms with Crippen molar-refractivity contribution in [3.05, 3.63) is 25.0 Å². The van der Waals surface area contributed by atoms with Crippen molar-refractivity contribution in [2.75, 3.05) is 19.5 Å². The summed E-state index contributed by atoms with van der Waals surface area (Å²) in [6.45, 7) is 9.30. The van der Waals surface area contributed by atoms with E-state index in [-0.39, 0.29) is 6.29 Å². The van der Waals surface area contributed by atoms with E-state index < -0.39 is 0 Å². The van der Waals surface area contributed by atoms with Crippen LogP contribution < -0.4 is 4.74 Å². The molecule has 1 rings (SSSR count). The van der Waals surface area contributed by atoms with Gasteiger partial charge in [-0.1, -0.05) is 6.58 Å². The Balaban J connectivity index is 2.70. The summed E-state index contributed by atoms with van der Waals surface area (Å²) in [6.07, 6.45) is 3.24. The Morgan fingerprint density at radius 2 is 2.28 bits per heavy atom. The first-order valence-corrected chi connectivity index (χ1v) is 7.19. The van der Waals surface area contributed by atoms with Gasteiger partial charge in [-0.05, 0) is 26.2 Å². The molecule has 4 nitrogen and oxygen atoms in total. The van der Waals surface area contributed by atoms with E-state index in [1.165, 1.54) is 6.26 Å². The predicted molar refractivity (Wildman–Crippen MR) is 74.1 cm³/mol. The van der Waals surface area contributed by atoms with Gasteiger partial charge in [0.15, 0.2) is 12.2 Å². The minimum Gasteiger partial charge on any atom is -0.500 e. The van der Waals surface area contributed by atoms with E-state index in [2.05, 4.69) is 11.1 Å². The molecule has 1 aromatic rings. The van der Waals surface area contributed by atoms with Gasteiger partial charge < -0.3 is 18.8 Å². The van der Waals surface area contributed by atoms with Gasteiger partial charge in [-0.2, -0.15) is 0 Å². The van der Waals surface area contributed by atoms with Crippen LogP contribution in [0.15, 0.2) is 30.0 Å². The fourth-order valence-electron chi connectivity index (χ4n) is 1.60. The Morgan fingerprint density at radius 3 is 2.89 bits per heavy atom. The van der Waals surface area contributed by atoms with Gasteiger partial charge >= 0.3 is 0 Å². The maximum absolute atomic E-state index is 5.75. The predicted octanol–water partition coefficient (Wildman–Crippen LogP) is 3.13. The number of ether oxygens (including phenoxy) is 3. The molecule has 1 unspecified atom stereocenters. The summed E-state index contributed by atoms with van der Waals surface area (Å²) in [7, 11) is 0. The number of thioether (sulfide) groups is 1. The van der Waals surface area contributed by atoms with Crippen molar-refractivity contribution in [1.29, 1.82) is 0 Å². The lowest BCUT2D eigenvalue weighted by Gasteiger charge is -2.17. The molecule has 0 bridgehead atoms. The van der Waals surface area contributed by atoms with Crippen LogP contribution in [0.25, 0.3) is 0 Å². The van der Waals surface area contributed by atoms with Crippen molar-refractivity contribution < 1.29 is 14.2 Å². The van der Waals surface area contributed by atoms with Crippen molar-refractivity contribution in [1.82, 2.24) is 4.57 Å². The molecule has 5 heteroatoms. The number of rotatable bonds is 9. The molecule has 0 saturated carbocycles. The molecule has 0 spiro atoms. The third-order valence-electron chi connectivity index (χ3n) is 2.35. The van der Waals surface area contributed by atoms with Crippen LogP contribution in [-0.2, 0) is 16.0 Å².